The van der Waals surface area contributed by atoms with Crippen molar-refractivity contribution in [1.82, 2.24) is 4.90 Å². The highest BCUT2D eigenvalue weighted by Gasteiger charge is 2.34. The van der Waals surface area contributed by atoms with Crippen LogP contribution in [0.2, 0.25) is 0 Å². The Balaban J connectivity index is 1.61. The van der Waals surface area contributed by atoms with E-state index in [1.54, 1.807) is 0 Å². The molecule has 1 aromatic carbocycles. The number of hydrogen-bond acceptors (Lipinski definition) is 2. The molecule has 3 nitrogen and oxygen atoms in total. The second-order valence-electron chi connectivity index (χ2n) is 6.98. The van der Waals surface area contributed by atoms with Gasteiger partial charge < -0.3 is 4.90 Å². The van der Waals surface area contributed by atoms with Crippen molar-refractivity contribution in [2.24, 2.45) is 5.41 Å². The van der Waals surface area contributed by atoms with Crippen LogP contribution in [-0.4, -0.2) is 30.4 Å². The molecule has 2 fully saturated rings. The molecule has 22 heavy (non-hydrogen) atoms. The Morgan fingerprint density at radius 1 is 1.09 bits per heavy atom. The standard InChI is InChI=1S/C19H28N2O/c1-3-19(4-2)11-13-20(15-19)14-16-7-9-17(10-8-16)21-12-5-6-18(21)22/h7-10H,3-6,11-15H2,1-2H3. The van der Waals surface area contributed by atoms with Crippen LogP contribution < -0.4 is 4.90 Å². The summed E-state index contributed by atoms with van der Waals surface area (Å²) < 4.78 is 0. The largest absolute Gasteiger partial charge is 0.312 e. The number of hydrogen-bond donors (Lipinski definition) is 0. The van der Waals surface area contributed by atoms with Gasteiger partial charge in [-0.1, -0.05) is 26.0 Å². The Morgan fingerprint density at radius 2 is 1.82 bits per heavy atom. The van der Waals surface area contributed by atoms with Gasteiger partial charge in [-0.2, -0.15) is 0 Å². The van der Waals surface area contributed by atoms with E-state index in [2.05, 4.69) is 43.0 Å². The Morgan fingerprint density at radius 3 is 2.36 bits per heavy atom. The number of rotatable bonds is 5. The van der Waals surface area contributed by atoms with Gasteiger partial charge in [0.05, 0.1) is 0 Å². The first-order valence-electron chi connectivity index (χ1n) is 8.77. The van der Waals surface area contributed by atoms with Crippen LogP contribution >= 0.6 is 0 Å². The van der Waals surface area contributed by atoms with Crippen molar-refractivity contribution >= 4 is 11.6 Å². The number of carbonyl (C=O) groups is 1. The molecule has 0 saturated carbocycles. The average molecular weight is 300 g/mol. The number of amides is 1. The number of benzene rings is 1. The summed E-state index contributed by atoms with van der Waals surface area (Å²) in [6.45, 7) is 9.01. The first-order valence-corrected chi connectivity index (χ1v) is 8.77. The van der Waals surface area contributed by atoms with Gasteiger partial charge in [0.25, 0.3) is 0 Å². The maximum Gasteiger partial charge on any atom is 0.227 e. The molecule has 3 heteroatoms. The maximum atomic E-state index is 11.8. The molecule has 2 heterocycles. The zero-order chi connectivity index (χ0) is 15.6. The van der Waals surface area contributed by atoms with E-state index in [0.717, 1.165) is 25.2 Å². The fraction of sp³-hybridized carbons (Fsp3) is 0.632. The van der Waals surface area contributed by atoms with Crippen molar-refractivity contribution in [3.8, 4) is 0 Å². The van der Waals surface area contributed by atoms with E-state index < -0.39 is 0 Å². The fourth-order valence-corrected chi connectivity index (χ4v) is 3.95. The van der Waals surface area contributed by atoms with Crippen molar-refractivity contribution < 1.29 is 4.79 Å². The van der Waals surface area contributed by atoms with Gasteiger partial charge >= 0.3 is 0 Å². The van der Waals surface area contributed by atoms with E-state index in [9.17, 15) is 4.79 Å². The first kappa shape index (κ1) is 15.5. The number of anilines is 1. The zero-order valence-electron chi connectivity index (χ0n) is 14.0. The minimum Gasteiger partial charge on any atom is -0.312 e. The van der Waals surface area contributed by atoms with Crippen molar-refractivity contribution in [2.75, 3.05) is 24.5 Å². The lowest BCUT2D eigenvalue weighted by Crippen LogP contribution is -2.26. The predicted molar refractivity (Wildman–Crippen MR) is 90.9 cm³/mol. The van der Waals surface area contributed by atoms with E-state index in [1.807, 2.05) is 4.90 Å². The molecule has 0 N–H and O–H groups in total. The molecule has 120 valence electrons. The summed E-state index contributed by atoms with van der Waals surface area (Å²) >= 11 is 0. The summed E-state index contributed by atoms with van der Waals surface area (Å²) in [4.78, 5) is 16.3. The van der Waals surface area contributed by atoms with Gasteiger partial charge in [0.2, 0.25) is 5.91 Å². The predicted octanol–water partition coefficient (Wildman–Crippen LogP) is 3.83. The molecule has 0 radical (unpaired) electrons. The second-order valence-corrected chi connectivity index (χ2v) is 6.98. The highest BCUT2D eigenvalue weighted by atomic mass is 16.2. The maximum absolute atomic E-state index is 11.8. The summed E-state index contributed by atoms with van der Waals surface area (Å²) in [6.07, 6.45) is 5.60. The van der Waals surface area contributed by atoms with Crippen LogP contribution in [0.25, 0.3) is 0 Å². The van der Waals surface area contributed by atoms with Gasteiger partial charge in [0.1, 0.15) is 0 Å². The van der Waals surface area contributed by atoms with E-state index in [4.69, 9.17) is 0 Å². The third-order valence-corrected chi connectivity index (χ3v) is 5.74. The molecule has 0 aliphatic carbocycles. The smallest absolute Gasteiger partial charge is 0.227 e. The normalized spacial score (nSPS) is 21.7. The quantitative estimate of drug-likeness (QED) is 0.825. The monoisotopic (exact) mass is 300 g/mol. The molecule has 2 aliphatic heterocycles. The van der Waals surface area contributed by atoms with Crippen LogP contribution in [0.3, 0.4) is 0 Å². The SMILES string of the molecule is CCC1(CC)CCN(Cc2ccc(N3CCCC3=O)cc2)C1. The summed E-state index contributed by atoms with van der Waals surface area (Å²) in [5.41, 5.74) is 2.96. The van der Waals surface area contributed by atoms with Gasteiger partial charge in [-0.3, -0.25) is 9.69 Å². The van der Waals surface area contributed by atoms with Crippen LogP contribution in [0.4, 0.5) is 5.69 Å². The summed E-state index contributed by atoms with van der Waals surface area (Å²) in [5.74, 6) is 0.267. The molecular formula is C19H28N2O. The topological polar surface area (TPSA) is 23.6 Å². The van der Waals surface area contributed by atoms with Gasteiger partial charge in [0.15, 0.2) is 0 Å². The number of nitrogens with zero attached hydrogens (tertiary/aromatic N) is 2. The Hall–Kier alpha value is -1.35. The molecule has 0 bridgehead atoms. The van der Waals surface area contributed by atoms with Crippen LogP contribution in [0, 0.1) is 5.41 Å². The molecule has 0 spiro atoms. The zero-order valence-corrected chi connectivity index (χ0v) is 14.0. The Labute approximate surface area is 134 Å². The lowest BCUT2D eigenvalue weighted by Gasteiger charge is -2.26. The van der Waals surface area contributed by atoms with Gasteiger partial charge in [-0.05, 0) is 55.3 Å². The molecule has 0 aromatic heterocycles. The highest BCUT2D eigenvalue weighted by Crippen LogP contribution is 2.37. The first-order chi connectivity index (χ1) is 10.7. The summed E-state index contributed by atoms with van der Waals surface area (Å²) in [5, 5.41) is 0. The molecule has 1 amide bonds. The minimum absolute atomic E-state index is 0.267. The van der Waals surface area contributed by atoms with Crippen LogP contribution in [-0.2, 0) is 11.3 Å². The fourth-order valence-electron chi connectivity index (χ4n) is 3.95. The van der Waals surface area contributed by atoms with Crippen molar-refractivity contribution in [1.29, 1.82) is 0 Å². The molecule has 2 saturated heterocycles. The van der Waals surface area contributed by atoms with Crippen LogP contribution in [0.1, 0.15) is 51.5 Å². The molecule has 0 unspecified atom stereocenters. The van der Waals surface area contributed by atoms with Gasteiger partial charge in [-0.15, -0.1) is 0 Å². The van der Waals surface area contributed by atoms with Crippen molar-refractivity contribution in [2.45, 2.75) is 52.5 Å². The van der Waals surface area contributed by atoms with Crippen LogP contribution in [0.5, 0.6) is 0 Å². The van der Waals surface area contributed by atoms with Crippen molar-refractivity contribution in [3.05, 3.63) is 29.8 Å². The van der Waals surface area contributed by atoms with Gasteiger partial charge in [0, 0.05) is 31.7 Å². The third-order valence-electron chi connectivity index (χ3n) is 5.74. The molecular weight excluding hydrogens is 272 g/mol. The summed E-state index contributed by atoms with van der Waals surface area (Å²) in [6, 6.07) is 8.61. The molecule has 2 aliphatic rings. The number of carbonyl (C=O) groups excluding carboxylic acids is 1. The van der Waals surface area contributed by atoms with E-state index in [-0.39, 0.29) is 5.91 Å². The minimum atomic E-state index is 0.267. The highest BCUT2D eigenvalue weighted by molar-refractivity contribution is 5.95. The lowest BCUT2D eigenvalue weighted by molar-refractivity contribution is -0.117. The third kappa shape index (κ3) is 3.05. The van der Waals surface area contributed by atoms with Crippen LogP contribution in [0.15, 0.2) is 24.3 Å². The number of likely N-dealkylation sites (tertiary alicyclic amines) is 1. The second kappa shape index (κ2) is 6.41. The lowest BCUT2D eigenvalue weighted by atomic mass is 9.82. The molecule has 0 atom stereocenters. The van der Waals surface area contributed by atoms with Crippen molar-refractivity contribution in [3.63, 3.8) is 0 Å². The Bertz CT molecular complexity index is 519. The summed E-state index contributed by atoms with van der Waals surface area (Å²) in [7, 11) is 0. The van der Waals surface area contributed by atoms with E-state index >= 15 is 0 Å². The molecule has 3 rings (SSSR count). The van der Waals surface area contributed by atoms with E-state index in [0.29, 0.717) is 11.8 Å². The average Bonchev–Trinajstić information content (AvgIpc) is 3.15. The molecule has 1 aromatic rings. The Kier molecular flexibility index (Phi) is 4.53. The van der Waals surface area contributed by atoms with E-state index in [1.165, 1.54) is 37.9 Å². The van der Waals surface area contributed by atoms with Gasteiger partial charge in [-0.25, -0.2) is 0 Å².